The molecule has 92 valence electrons. The van der Waals surface area contributed by atoms with Gasteiger partial charge in [0.05, 0.1) is 5.56 Å². The highest BCUT2D eigenvalue weighted by atomic mass is 16.2. The van der Waals surface area contributed by atoms with Crippen LogP contribution in [-0.2, 0) is 4.79 Å². The standard InChI is InChI=1S/C12H17N3O2/c1-2-14-11(16)7-8-15-12(17)9-5-3-4-6-10(9)13/h3-6H,2,7-8,13H2,1H3,(H,14,16)(H,15,17). The van der Waals surface area contributed by atoms with Crippen LogP contribution in [0.3, 0.4) is 0 Å². The molecule has 0 saturated carbocycles. The number of nitrogen functional groups attached to an aromatic ring is 1. The lowest BCUT2D eigenvalue weighted by atomic mass is 10.1. The summed E-state index contributed by atoms with van der Waals surface area (Å²) in [7, 11) is 0. The largest absolute Gasteiger partial charge is 0.398 e. The lowest BCUT2D eigenvalue weighted by molar-refractivity contribution is -0.120. The third-order valence-electron chi connectivity index (χ3n) is 2.22. The fraction of sp³-hybridized carbons (Fsp3) is 0.333. The number of nitrogens with one attached hydrogen (secondary N) is 2. The van der Waals surface area contributed by atoms with Crippen LogP contribution >= 0.6 is 0 Å². The van der Waals surface area contributed by atoms with Gasteiger partial charge in [-0.2, -0.15) is 0 Å². The predicted octanol–water partition coefficient (Wildman–Crippen LogP) is 0.525. The minimum Gasteiger partial charge on any atom is -0.398 e. The molecule has 0 atom stereocenters. The summed E-state index contributed by atoms with van der Waals surface area (Å²) in [5, 5.41) is 5.30. The molecule has 1 aromatic rings. The van der Waals surface area contributed by atoms with E-state index in [4.69, 9.17) is 5.73 Å². The number of amides is 2. The molecule has 2 amide bonds. The number of nitrogens with two attached hydrogens (primary N) is 1. The van der Waals surface area contributed by atoms with E-state index in [0.29, 0.717) is 24.3 Å². The maximum Gasteiger partial charge on any atom is 0.253 e. The summed E-state index contributed by atoms with van der Waals surface area (Å²) in [4.78, 5) is 22.8. The van der Waals surface area contributed by atoms with E-state index in [0.717, 1.165) is 0 Å². The van der Waals surface area contributed by atoms with Gasteiger partial charge in [0.15, 0.2) is 0 Å². The molecule has 0 fully saturated rings. The Bertz CT molecular complexity index is 404. The lowest BCUT2D eigenvalue weighted by Gasteiger charge is -2.07. The first-order valence-electron chi connectivity index (χ1n) is 5.54. The fourth-order valence-electron chi connectivity index (χ4n) is 1.37. The molecule has 0 aliphatic carbocycles. The number of hydrogen-bond donors (Lipinski definition) is 3. The molecule has 0 bridgehead atoms. The normalized spacial score (nSPS) is 9.71. The van der Waals surface area contributed by atoms with Crippen LogP contribution in [0.5, 0.6) is 0 Å². The summed E-state index contributed by atoms with van der Waals surface area (Å²) < 4.78 is 0. The maximum atomic E-state index is 11.7. The lowest BCUT2D eigenvalue weighted by Crippen LogP contribution is -2.30. The van der Waals surface area contributed by atoms with Crippen LogP contribution in [0.25, 0.3) is 0 Å². The average Bonchev–Trinajstić information content (AvgIpc) is 2.29. The second kappa shape index (κ2) is 6.52. The third kappa shape index (κ3) is 4.14. The van der Waals surface area contributed by atoms with Gasteiger partial charge in [-0.1, -0.05) is 12.1 Å². The Labute approximate surface area is 100 Å². The molecule has 0 heterocycles. The van der Waals surface area contributed by atoms with Crippen molar-refractivity contribution in [1.82, 2.24) is 10.6 Å². The Balaban J connectivity index is 2.41. The molecule has 0 aliphatic heterocycles. The molecule has 0 radical (unpaired) electrons. The van der Waals surface area contributed by atoms with E-state index >= 15 is 0 Å². The summed E-state index contributed by atoms with van der Waals surface area (Å²) in [6.07, 6.45) is 0.270. The van der Waals surface area contributed by atoms with Gasteiger partial charge in [0.1, 0.15) is 0 Å². The van der Waals surface area contributed by atoms with Crippen molar-refractivity contribution in [3.8, 4) is 0 Å². The van der Waals surface area contributed by atoms with Gasteiger partial charge >= 0.3 is 0 Å². The van der Waals surface area contributed by atoms with Crippen molar-refractivity contribution in [3.63, 3.8) is 0 Å². The molecule has 5 nitrogen and oxygen atoms in total. The van der Waals surface area contributed by atoms with Gasteiger partial charge in [-0.05, 0) is 19.1 Å². The molecule has 0 aliphatic rings. The summed E-state index contributed by atoms with van der Waals surface area (Å²) >= 11 is 0. The molecule has 0 saturated heterocycles. The van der Waals surface area contributed by atoms with Crippen molar-refractivity contribution in [2.45, 2.75) is 13.3 Å². The minimum atomic E-state index is -0.257. The maximum absolute atomic E-state index is 11.7. The van der Waals surface area contributed by atoms with Crippen molar-refractivity contribution in [2.24, 2.45) is 0 Å². The van der Waals surface area contributed by atoms with Crippen LogP contribution in [0.4, 0.5) is 5.69 Å². The highest BCUT2D eigenvalue weighted by molar-refractivity contribution is 5.99. The first-order valence-corrected chi connectivity index (χ1v) is 5.54. The van der Waals surface area contributed by atoms with Gasteiger partial charge in [-0.3, -0.25) is 9.59 Å². The second-order valence-electron chi connectivity index (χ2n) is 3.55. The van der Waals surface area contributed by atoms with Gasteiger partial charge in [0, 0.05) is 25.2 Å². The van der Waals surface area contributed by atoms with Crippen LogP contribution in [0.15, 0.2) is 24.3 Å². The fourth-order valence-corrected chi connectivity index (χ4v) is 1.37. The molecule has 4 N–H and O–H groups in total. The van der Waals surface area contributed by atoms with Gasteiger partial charge in [-0.15, -0.1) is 0 Å². The first kappa shape index (κ1) is 13.0. The van der Waals surface area contributed by atoms with E-state index in [1.807, 2.05) is 6.92 Å². The molecule has 1 rings (SSSR count). The molecule has 17 heavy (non-hydrogen) atoms. The van der Waals surface area contributed by atoms with Gasteiger partial charge in [0.2, 0.25) is 5.91 Å². The summed E-state index contributed by atoms with van der Waals surface area (Å²) in [5.41, 5.74) is 6.53. The molecule has 0 spiro atoms. The first-order chi connectivity index (χ1) is 8.15. The van der Waals surface area contributed by atoms with Crippen LogP contribution in [-0.4, -0.2) is 24.9 Å². The molecule has 0 unspecified atom stereocenters. The monoisotopic (exact) mass is 235 g/mol. The molecular weight excluding hydrogens is 218 g/mol. The topological polar surface area (TPSA) is 84.2 Å². The third-order valence-corrected chi connectivity index (χ3v) is 2.22. The second-order valence-corrected chi connectivity index (χ2v) is 3.55. The van der Waals surface area contributed by atoms with Crippen LogP contribution in [0.1, 0.15) is 23.7 Å². The van der Waals surface area contributed by atoms with Crippen molar-refractivity contribution >= 4 is 17.5 Å². The van der Waals surface area contributed by atoms with Crippen LogP contribution in [0, 0.1) is 0 Å². The average molecular weight is 235 g/mol. The van der Waals surface area contributed by atoms with Crippen molar-refractivity contribution in [1.29, 1.82) is 0 Å². The molecular formula is C12H17N3O2. The van der Waals surface area contributed by atoms with E-state index in [1.165, 1.54) is 0 Å². The van der Waals surface area contributed by atoms with E-state index in [1.54, 1.807) is 24.3 Å². The number of rotatable bonds is 5. The van der Waals surface area contributed by atoms with E-state index in [2.05, 4.69) is 10.6 Å². The van der Waals surface area contributed by atoms with E-state index < -0.39 is 0 Å². The Kier molecular flexibility index (Phi) is 5.00. The molecule has 5 heteroatoms. The Hall–Kier alpha value is -2.04. The zero-order valence-corrected chi connectivity index (χ0v) is 9.82. The number of carbonyl (C=O) groups is 2. The minimum absolute atomic E-state index is 0.0752. The number of carbonyl (C=O) groups excluding carboxylic acids is 2. The predicted molar refractivity (Wildman–Crippen MR) is 66.5 cm³/mol. The number of anilines is 1. The Morgan fingerprint density at radius 1 is 1.24 bits per heavy atom. The van der Waals surface area contributed by atoms with Gasteiger partial charge in [0.25, 0.3) is 5.91 Å². The highest BCUT2D eigenvalue weighted by Crippen LogP contribution is 2.09. The SMILES string of the molecule is CCNC(=O)CCNC(=O)c1ccccc1N. The van der Waals surface area contributed by atoms with Gasteiger partial charge in [-0.25, -0.2) is 0 Å². The van der Waals surface area contributed by atoms with Crippen LogP contribution < -0.4 is 16.4 Å². The summed E-state index contributed by atoms with van der Waals surface area (Å²) in [6.45, 7) is 2.75. The van der Waals surface area contributed by atoms with Gasteiger partial charge < -0.3 is 16.4 Å². The highest BCUT2D eigenvalue weighted by Gasteiger charge is 2.08. The molecule has 0 aromatic heterocycles. The Morgan fingerprint density at radius 3 is 2.59 bits per heavy atom. The van der Waals surface area contributed by atoms with Crippen molar-refractivity contribution in [2.75, 3.05) is 18.8 Å². The van der Waals surface area contributed by atoms with Crippen molar-refractivity contribution < 1.29 is 9.59 Å². The number of para-hydroxylation sites is 1. The Morgan fingerprint density at radius 2 is 1.94 bits per heavy atom. The van der Waals surface area contributed by atoms with Crippen molar-refractivity contribution in [3.05, 3.63) is 29.8 Å². The van der Waals surface area contributed by atoms with Crippen LogP contribution in [0.2, 0.25) is 0 Å². The molecule has 1 aromatic carbocycles. The number of benzene rings is 1. The summed E-state index contributed by atoms with van der Waals surface area (Å²) in [6, 6.07) is 6.82. The smallest absolute Gasteiger partial charge is 0.253 e. The number of hydrogen-bond acceptors (Lipinski definition) is 3. The zero-order chi connectivity index (χ0) is 12.7. The zero-order valence-electron chi connectivity index (χ0n) is 9.82. The quantitative estimate of drug-likeness (QED) is 0.651. The van der Waals surface area contributed by atoms with E-state index in [-0.39, 0.29) is 18.2 Å². The summed E-state index contributed by atoms with van der Waals surface area (Å²) in [5.74, 6) is -0.332. The van der Waals surface area contributed by atoms with E-state index in [9.17, 15) is 9.59 Å².